The molecule has 20 heavy (non-hydrogen) atoms. The predicted molar refractivity (Wildman–Crippen MR) is 81.1 cm³/mol. The monoisotopic (exact) mass is 271 g/mol. The van der Waals surface area contributed by atoms with Gasteiger partial charge in [0.25, 0.3) is 5.91 Å². The van der Waals surface area contributed by atoms with Gasteiger partial charge in [-0.3, -0.25) is 9.48 Å². The van der Waals surface area contributed by atoms with E-state index >= 15 is 0 Å². The van der Waals surface area contributed by atoms with Gasteiger partial charge in [-0.2, -0.15) is 5.10 Å². The molecule has 1 aromatic heterocycles. The third kappa shape index (κ3) is 3.07. The van der Waals surface area contributed by atoms with Crippen molar-refractivity contribution in [3.63, 3.8) is 0 Å². The topological polar surface area (TPSA) is 46.9 Å². The largest absolute Gasteiger partial charge is 0.321 e. The van der Waals surface area contributed by atoms with Gasteiger partial charge in [0.15, 0.2) is 0 Å². The zero-order valence-corrected chi connectivity index (χ0v) is 12.5. The Bertz CT molecular complexity index is 597. The molecule has 106 valence electrons. The summed E-state index contributed by atoms with van der Waals surface area (Å²) >= 11 is 0. The van der Waals surface area contributed by atoms with Gasteiger partial charge < -0.3 is 5.32 Å². The minimum Gasteiger partial charge on any atom is -0.321 e. The van der Waals surface area contributed by atoms with Crippen molar-refractivity contribution >= 4 is 11.6 Å². The van der Waals surface area contributed by atoms with E-state index < -0.39 is 0 Å². The van der Waals surface area contributed by atoms with Gasteiger partial charge in [-0.25, -0.2) is 0 Å². The van der Waals surface area contributed by atoms with Crippen molar-refractivity contribution in [3.05, 3.63) is 47.3 Å². The van der Waals surface area contributed by atoms with Crippen LogP contribution in [-0.4, -0.2) is 15.7 Å². The first kappa shape index (κ1) is 14.3. The number of hydrogen-bond donors (Lipinski definition) is 1. The second-order valence-corrected chi connectivity index (χ2v) is 5.22. The van der Waals surface area contributed by atoms with Crippen LogP contribution in [0.5, 0.6) is 0 Å². The Morgan fingerprint density at radius 1 is 1.30 bits per heavy atom. The normalized spacial score (nSPS) is 10.8. The molecule has 2 rings (SSSR count). The number of carbonyl (C=O) groups excluding carboxylic acids is 1. The maximum absolute atomic E-state index is 12.3. The van der Waals surface area contributed by atoms with Gasteiger partial charge in [0, 0.05) is 12.2 Å². The fourth-order valence-electron chi connectivity index (χ4n) is 2.12. The maximum Gasteiger partial charge on any atom is 0.273 e. The van der Waals surface area contributed by atoms with Crippen LogP contribution < -0.4 is 5.32 Å². The van der Waals surface area contributed by atoms with Crippen LogP contribution in [0.15, 0.2) is 30.3 Å². The molecule has 0 fully saturated rings. The molecule has 0 bridgehead atoms. The zero-order chi connectivity index (χ0) is 14.7. The molecule has 2 aromatic rings. The van der Waals surface area contributed by atoms with Crippen molar-refractivity contribution in [1.82, 2.24) is 9.78 Å². The smallest absolute Gasteiger partial charge is 0.273 e. The van der Waals surface area contributed by atoms with Crippen LogP contribution in [0.2, 0.25) is 0 Å². The molecule has 4 heteroatoms. The van der Waals surface area contributed by atoms with Gasteiger partial charge in [0.2, 0.25) is 0 Å². The summed E-state index contributed by atoms with van der Waals surface area (Å²) in [7, 11) is 0. The standard InChI is InChI=1S/C16H21N3O/c1-5-19-15(10-12(4)18-19)16(20)17-14-8-6-13(7-9-14)11(2)3/h6-11H,5H2,1-4H3,(H,17,20). The van der Waals surface area contributed by atoms with E-state index in [0.29, 0.717) is 18.2 Å². The lowest BCUT2D eigenvalue weighted by Crippen LogP contribution is -2.17. The molecular formula is C16H21N3O. The number of hydrogen-bond acceptors (Lipinski definition) is 2. The maximum atomic E-state index is 12.3. The lowest BCUT2D eigenvalue weighted by Gasteiger charge is -2.09. The Balaban J connectivity index is 2.14. The van der Waals surface area contributed by atoms with E-state index in [0.717, 1.165) is 11.4 Å². The molecule has 1 N–H and O–H groups in total. The average Bonchev–Trinajstić information content (AvgIpc) is 2.80. The van der Waals surface area contributed by atoms with E-state index in [1.807, 2.05) is 38.1 Å². The molecule has 0 saturated heterocycles. The SMILES string of the molecule is CCn1nc(C)cc1C(=O)Nc1ccc(C(C)C)cc1. The van der Waals surface area contributed by atoms with Gasteiger partial charge in [0.1, 0.15) is 5.69 Å². The number of anilines is 1. The van der Waals surface area contributed by atoms with E-state index in [2.05, 4.69) is 24.3 Å². The Labute approximate surface area is 119 Å². The molecule has 0 aliphatic rings. The quantitative estimate of drug-likeness (QED) is 0.923. The van der Waals surface area contributed by atoms with E-state index in [9.17, 15) is 4.79 Å². The van der Waals surface area contributed by atoms with Crippen molar-refractivity contribution in [2.24, 2.45) is 0 Å². The van der Waals surface area contributed by atoms with Crippen LogP contribution in [-0.2, 0) is 6.54 Å². The minimum absolute atomic E-state index is 0.121. The molecular weight excluding hydrogens is 250 g/mol. The Hall–Kier alpha value is -2.10. The second-order valence-electron chi connectivity index (χ2n) is 5.22. The number of nitrogens with one attached hydrogen (secondary N) is 1. The van der Waals surface area contributed by atoms with Gasteiger partial charge in [-0.15, -0.1) is 0 Å². The van der Waals surface area contributed by atoms with Gasteiger partial charge in [-0.1, -0.05) is 26.0 Å². The number of amides is 1. The summed E-state index contributed by atoms with van der Waals surface area (Å²) in [6, 6.07) is 9.77. The predicted octanol–water partition coefficient (Wildman–Crippen LogP) is 3.59. The summed E-state index contributed by atoms with van der Waals surface area (Å²) in [6.45, 7) is 8.84. The summed E-state index contributed by atoms with van der Waals surface area (Å²) in [4.78, 5) is 12.3. The molecule has 4 nitrogen and oxygen atoms in total. The zero-order valence-electron chi connectivity index (χ0n) is 12.5. The van der Waals surface area contributed by atoms with Crippen molar-refractivity contribution in [3.8, 4) is 0 Å². The summed E-state index contributed by atoms with van der Waals surface area (Å²) in [6.07, 6.45) is 0. The van der Waals surface area contributed by atoms with Crippen LogP contribution >= 0.6 is 0 Å². The Kier molecular flexibility index (Phi) is 4.23. The Morgan fingerprint density at radius 2 is 1.95 bits per heavy atom. The number of benzene rings is 1. The number of carbonyl (C=O) groups is 1. The summed E-state index contributed by atoms with van der Waals surface area (Å²) in [5.41, 5.74) is 3.52. The van der Waals surface area contributed by atoms with E-state index in [4.69, 9.17) is 0 Å². The molecule has 0 aliphatic heterocycles. The molecule has 1 aromatic carbocycles. The van der Waals surface area contributed by atoms with Crippen LogP contribution in [0.4, 0.5) is 5.69 Å². The highest BCUT2D eigenvalue weighted by Crippen LogP contribution is 2.17. The Morgan fingerprint density at radius 3 is 2.50 bits per heavy atom. The number of nitrogens with zero attached hydrogens (tertiary/aromatic N) is 2. The minimum atomic E-state index is -0.121. The van der Waals surface area contributed by atoms with E-state index in [1.54, 1.807) is 10.7 Å². The van der Waals surface area contributed by atoms with Crippen molar-refractivity contribution in [2.45, 2.75) is 40.2 Å². The molecule has 0 spiro atoms. The third-order valence-electron chi connectivity index (χ3n) is 3.27. The molecule has 0 aliphatic carbocycles. The molecule has 0 unspecified atom stereocenters. The third-order valence-corrected chi connectivity index (χ3v) is 3.27. The number of rotatable bonds is 4. The number of aryl methyl sites for hydroxylation is 2. The van der Waals surface area contributed by atoms with Crippen molar-refractivity contribution < 1.29 is 4.79 Å². The first-order valence-corrected chi connectivity index (χ1v) is 6.97. The first-order chi connectivity index (χ1) is 9.51. The van der Waals surface area contributed by atoms with E-state index in [1.165, 1.54) is 5.56 Å². The summed E-state index contributed by atoms with van der Waals surface area (Å²) < 4.78 is 1.72. The highest BCUT2D eigenvalue weighted by atomic mass is 16.2. The lowest BCUT2D eigenvalue weighted by molar-refractivity contribution is 0.101. The van der Waals surface area contributed by atoms with Crippen molar-refractivity contribution in [1.29, 1.82) is 0 Å². The molecule has 1 amide bonds. The summed E-state index contributed by atoms with van der Waals surface area (Å²) in [5, 5.41) is 7.20. The van der Waals surface area contributed by atoms with Crippen LogP contribution in [0.1, 0.15) is 48.4 Å². The van der Waals surface area contributed by atoms with Gasteiger partial charge >= 0.3 is 0 Å². The fourth-order valence-corrected chi connectivity index (χ4v) is 2.12. The summed E-state index contributed by atoms with van der Waals surface area (Å²) in [5.74, 6) is 0.369. The lowest BCUT2D eigenvalue weighted by atomic mass is 10.0. The fraction of sp³-hybridized carbons (Fsp3) is 0.375. The average molecular weight is 271 g/mol. The van der Waals surface area contributed by atoms with Crippen LogP contribution in [0.25, 0.3) is 0 Å². The van der Waals surface area contributed by atoms with Crippen LogP contribution in [0.3, 0.4) is 0 Å². The molecule has 0 atom stereocenters. The highest BCUT2D eigenvalue weighted by Gasteiger charge is 2.13. The second kappa shape index (κ2) is 5.90. The first-order valence-electron chi connectivity index (χ1n) is 6.97. The highest BCUT2D eigenvalue weighted by molar-refractivity contribution is 6.03. The van der Waals surface area contributed by atoms with E-state index in [-0.39, 0.29) is 5.91 Å². The molecule has 0 radical (unpaired) electrons. The van der Waals surface area contributed by atoms with Gasteiger partial charge in [0.05, 0.1) is 5.69 Å². The molecule has 1 heterocycles. The van der Waals surface area contributed by atoms with Crippen molar-refractivity contribution in [2.75, 3.05) is 5.32 Å². The molecule has 0 saturated carbocycles. The van der Waals surface area contributed by atoms with Crippen LogP contribution in [0, 0.1) is 6.92 Å². The number of aromatic nitrogens is 2. The van der Waals surface area contributed by atoms with Gasteiger partial charge in [-0.05, 0) is 43.5 Å².